The molecule has 1 aliphatic heterocycles. The molecule has 0 atom stereocenters. The van der Waals surface area contributed by atoms with Crippen molar-refractivity contribution in [1.82, 2.24) is 9.78 Å². The highest BCUT2D eigenvalue weighted by molar-refractivity contribution is 5.23. The zero-order valence-corrected chi connectivity index (χ0v) is 12.4. The molecule has 0 saturated carbocycles. The van der Waals surface area contributed by atoms with Crippen LogP contribution in [0.1, 0.15) is 51.4 Å². The molecule has 4 heteroatoms. The van der Waals surface area contributed by atoms with Crippen LogP contribution in [0.2, 0.25) is 0 Å². The Hall–Kier alpha value is -0.870. The van der Waals surface area contributed by atoms with Gasteiger partial charge in [0, 0.05) is 30.5 Å². The topological polar surface area (TPSA) is 36.3 Å². The standard InChI is InChI=1S/C15H24N2O2/c1-11(2)17-8-12-7-15(6-5-13(12)16-17)18-9-14(3,4)10-19-15/h8,11H,5-7,9-10H2,1-4H3. The predicted molar refractivity (Wildman–Crippen MR) is 73.1 cm³/mol. The Kier molecular flexibility index (Phi) is 2.98. The first-order chi connectivity index (χ1) is 8.89. The third-order valence-electron chi connectivity index (χ3n) is 4.08. The summed E-state index contributed by atoms with van der Waals surface area (Å²) in [5.41, 5.74) is 2.64. The number of nitrogens with zero attached hydrogens (tertiary/aromatic N) is 2. The van der Waals surface area contributed by atoms with E-state index in [-0.39, 0.29) is 5.41 Å². The minimum absolute atomic E-state index is 0.133. The van der Waals surface area contributed by atoms with Crippen molar-refractivity contribution in [2.75, 3.05) is 13.2 Å². The van der Waals surface area contributed by atoms with Crippen LogP contribution in [0.15, 0.2) is 6.20 Å². The van der Waals surface area contributed by atoms with Crippen molar-refractivity contribution in [2.24, 2.45) is 5.41 Å². The van der Waals surface area contributed by atoms with Crippen molar-refractivity contribution in [3.8, 4) is 0 Å². The zero-order chi connectivity index (χ0) is 13.7. The van der Waals surface area contributed by atoms with Crippen LogP contribution in [0.5, 0.6) is 0 Å². The molecule has 1 aromatic heterocycles. The lowest BCUT2D eigenvalue weighted by molar-refractivity contribution is -0.302. The summed E-state index contributed by atoms with van der Waals surface area (Å²) in [7, 11) is 0. The van der Waals surface area contributed by atoms with Gasteiger partial charge in [-0.05, 0) is 25.8 Å². The number of rotatable bonds is 1. The summed E-state index contributed by atoms with van der Waals surface area (Å²) in [4.78, 5) is 0. The fraction of sp³-hybridized carbons (Fsp3) is 0.800. The van der Waals surface area contributed by atoms with E-state index in [1.54, 1.807) is 0 Å². The van der Waals surface area contributed by atoms with E-state index in [1.165, 1.54) is 11.3 Å². The molecular weight excluding hydrogens is 240 g/mol. The highest BCUT2D eigenvalue weighted by atomic mass is 16.7. The fourth-order valence-corrected chi connectivity index (χ4v) is 2.76. The molecule has 4 nitrogen and oxygen atoms in total. The summed E-state index contributed by atoms with van der Waals surface area (Å²) in [5, 5.41) is 4.66. The van der Waals surface area contributed by atoms with E-state index in [9.17, 15) is 0 Å². The number of aryl methyl sites for hydroxylation is 1. The van der Waals surface area contributed by atoms with Crippen LogP contribution in [0.3, 0.4) is 0 Å². The Morgan fingerprint density at radius 2 is 1.95 bits per heavy atom. The summed E-state index contributed by atoms with van der Waals surface area (Å²) >= 11 is 0. The zero-order valence-electron chi connectivity index (χ0n) is 12.4. The van der Waals surface area contributed by atoms with E-state index in [1.807, 2.05) is 0 Å². The van der Waals surface area contributed by atoms with Crippen molar-refractivity contribution < 1.29 is 9.47 Å². The van der Waals surface area contributed by atoms with Crippen LogP contribution in [-0.4, -0.2) is 28.8 Å². The molecule has 0 radical (unpaired) electrons. The van der Waals surface area contributed by atoms with Gasteiger partial charge in [0.05, 0.1) is 18.9 Å². The van der Waals surface area contributed by atoms with Crippen LogP contribution in [0.4, 0.5) is 0 Å². The van der Waals surface area contributed by atoms with Gasteiger partial charge in [0.25, 0.3) is 0 Å². The highest BCUT2D eigenvalue weighted by Gasteiger charge is 2.43. The molecule has 0 aromatic carbocycles. The van der Waals surface area contributed by atoms with E-state index in [2.05, 4.69) is 43.7 Å². The third kappa shape index (κ3) is 2.43. The van der Waals surface area contributed by atoms with Gasteiger partial charge in [0.15, 0.2) is 5.79 Å². The van der Waals surface area contributed by atoms with Crippen molar-refractivity contribution in [2.45, 2.75) is 58.8 Å². The van der Waals surface area contributed by atoms with Crippen molar-refractivity contribution in [1.29, 1.82) is 0 Å². The number of fused-ring (bicyclic) bond motifs is 1. The molecule has 3 rings (SSSR count). The first-order valence-corrected chi connectivity index (χ1v) is 7.24. The molecule has 1 aromatic rings. The van der Waals surface area contributed by atoms with Crippen molar-refractivity contribution in [3.05, 3.63) is 17.5 Å². The molecule has 0 N–H and O–H groups in total. The Balaban J connectivity index is 1.78. The molecule has 0 amide bonds. The molecule has 1 spiro atoms. The Bertz CT molecular complexity index is 466. The minimum atomic E-state index is -0.395. The largest absolute Gasteiger partial charge is 0.349 e. The van der Waals surface area contributed by atoms with E-state index < -0.39 is 5.79 Å². The molecule has 2 aliphatic rings. The molecule has 0 bridgehead atoms. The highest BCUT2D eigenvalue weighted by Crippen LogP contribution is 2.38. The van der Waals surface area contributed by atoms with Crippen LogP contribution in [0.25, 0.3) is 0 Å². The quantitative estimate of drug-likeness (QED) is 0.782. The molecule has 106 valence electrons. The molecule has 0 unspecified atom stereocenters. The lowest BCUT2D eigenvalue weighted by Gasteiger charge is -2.45. The smallest absolute Gasteiger partial charge is 0.172 e. The summed E-state index contributed by atoms with van der Waals surface area (Å²) in [6.45, 7) is 10.2. The van der Waals surface area contributed by atoms with Crippen LogP contribution in [0, 0.1) is 5.41 Å². The Morgan fingerprint density at radius 3 is 2.58 bits per heavy atom. The van der Waals surface area contributed by atoms with Crippen LogP contribution >= 0.6 is 0 Å². The third-order valence-corrected chi connectivity index (χ3v) is 4.08. The van der Waals surface area contributed by atoms with E-state index in [0.29, 0.717) is 6.04 Å². The van der Waals surface area contributed by atoms with E-state index in [0.717, 1.165) is 32.5 Å². The Morgan fingerprint density at radius 1 is 1.26 bits per heavy atom. The van der Waals surface area contributed by atoms with Gasteiger partial charge < -0.3 is 9.47 Å². The minimum Gasteiger partial charge on any atom is -0.349 e. The number of hydrogen-bond acceptors (Lipinski definition) is 3. The predicted octanol–water partition coefficient (Wildman–Crippen LogP) is 2.72. The molecule has 1 fully saturated rings. The van der Waals surface area contributed by atoms with E-state index in [4.69, 9.17) is 9.47 Å². The molecular formula is C15H24N2O2. The summed E-state index contributed by atoms with van der Waals surface area (Å²) < 4.78 is 14.2. The number of hydrogen-bond donors (Lipinski definition) is 0. The molecule has 1 aliphatic carbocycles. The molecule has 1 saturated heterocycles. The average molecular weight is 264 g/mol. The van der Waals surface area contributed by atoms with Gasteiger partial charge in [-0.1, -0.05) is 13.8 Å². The monoisotopic (exact) mass is 264 g/mol. The SMILES string of the molecule is CC(C)n1cc2c(n1)CCC1(C2)OCC(C)(C)CO1. The van der Waals surface area contributed by atoms with Gasteiger partial charge in [0.2, 0.25) is 0 Å². The second-order valence-corrected chi connectivity index (χ2v) is 7.00. The van der Waals surface area contributed by atoms with Crippen LogP contribution in [-0.2, 0) is 22.3 Å². The van der Waals surface area contributed by atoms with Gasteiger partial charge in [0.1, 0.15) is 0 Å². The maximum Gasteiger partial charge on any atom is 0.172 e. The first-order valence-electron chi connectivity index (χ1n) is 7.24. The lowest BCUT2D eigenvalue weighted by atomic mass is 9.88. The Labute approximate surface area is 115 Å². The maximum absolute atomic E-state index is 6.09. The van der Waals surface area contributed by atoms with Gasteiger partial charge in [-0.3, -0.25) is 4.68 Å². The normalized spacial score (nSPS) is 24.7. The number of ether oxygens (including phenoxy) is 2. The fourth-order valence-electron chi connectivity index (χ4n) is 2.76. The van der Waals surface area contributed by atoms with Gasteiger partial charge in [-0.25, -0.2) is 0 Å². The van der Waals surface area contributed by atoms with Crippen LogP contribution < -0.4 is 0 Å². The summed E-state index contributed by atoms with van der Waals surface area (Å²) in [6.07, 6.45) is 4.87. The van der Waals surface area contributed by atoms with Gasteiger partial charge in [-0.15, -0.1) is 0 Å². The summed E-state index contributed by atoms with van der Waals surface area (Å²) in [5.74, 6) is -0.395. The van der Waals surface area contributed by atoms with E-state index >= 15 is 0 Å². The average Bonchev–Trinajstić information content (AvgIpc) is 2.76. The van der Waals surface area contributed by atoms with Crippen molar-refractivity contribution >= 4 is 0 Å². The number of aromatic nitrogens is 2. The van der Waals surface area contributed by atoms with Crippen molar-refractivity contribution in [3.63, 3.8) is 0 Å². The lowest BCUT2D eigenvalue weighted by Crippen LogP contribution is -2.50. The first kappa shape index (κ1) is 13.1. The van der Waals surface area contributed by atoms with Gasteiger partial charge >= 0.3 is 0 Å². The second kappa shape index (κ2) is 4.32. The second-order valence-electron chi connectivity index (χ2n) is 7.00. The van der Waals surface area contributed by atoms with Gasteiger partial charge in [-0.2, -0.15) is 5.10 Å². The summed E-state index contributed by atoms with van der Waals surface area (Å²) in [6, 6.07) is 0.411. The molecule has 19 heavy (non-hydrogen) atoms. The molecule has 2 heterocycles. The maximum atomic E-state index is 6.09.